The van der Waals surface area contributed by atoms with E-state index in [1.807, 2.05) is 30.3 Å². The van der Waals surface area contributed by atoms with Gasteiger partial charge in [-0.15, -0.1) is 0 Å². The molecule has 4 fully saturated rings. The smallest absolute Gasteiger partial charge is 0.332 e. The van der Waals surface area contributed by atoms with Gasteiger partial charge in [0.15, 0.2) is 34.6 Å². The van der Waals surface area contributed by atoms with Gasteiger partial charge in [0.05, 0.1) is 30.1 Å². The van der Waals surface area contributed by atoms with Crippen molar-refractivity contribution in [2.45, 2.75) is 99.9 Å². The number of fused-ring (bicyclic) bond motifs is 1. The molecule has 0 unspecified atom stereocenters. The first-order valence-corrected chi connectivity index (χ1v) is 24.0. The van der Waals surface area contributed by atoms with Crippen molar-refractivity contribution in [2.75, 3.05) is 46.2 Å². The lowest BCUT2D eigenvalue weighted by atomic mass is 9.49. The largest absolute Gasteiger partial charge is 0.508 e. The summed E-state index contributed by atoms with van der Waals surface area (Å²) in [5.74, 6) is 2.58. The normalized spacial score (nSPS) is 26.3. The fourth-order valence-electron chi connectivity index (χ4n) is 11.7. The van der Waals surface area contributed by atoms with Crippen molar-refractivity contribution in [1.29, 1.82) is 0 Å². The average molecular weight is 950 g/mol. The Bertz CT molecular complexity index is 2830. The summed E-state index contributed by atoms with van der Waals surface area (Å²) in [5.41, 5.74) is 1.61. The first-order chi connectivity index (χ1) is 32.8. The molecule has 0 radical (unpaired) electrons. The van der Waals surface area contributed by atoms with Crippen LogP contribution in [0.1, 0.15) is 81.4 Å². The predicted octanol–water partition coefficient (Wildman–Crippen LogP) is 4.48. The minimum Gasteiger partial charge on any atom is -0.508 e. The van der Waals surface area contributed by atoms with Crippen LogP contribution in [-0.2, 0) is 48.2 Å². The number of carbonyl (C=O) groups excluding carboxylic acids is 2. The molecule has 5 N–H and O–H groups in total. The van der Waals surface area contributed by atoms with E-state index in [4.69, 9.17) is 14.6 Å². The van der Waals surface area contributed by atoms with Crippen LogP contribution in [0.2, 0.25) is 0 Å². The number of Topliss-reactive ketones (excluding diaryl/α,β-unsaturated/α-hetero) is 1. The van der Waals surface area contributed by atoms with Crippen molar-refractivity contribution >= 4 is 28.5 Å². The Morgan fingerprint density at radius 1 is 0.942 bits per heavy atom. The van der Waals surface area contributed by atoms with Gasteiger partial charge < -0.3 is 44.7 Å². The SMILES string of the molecule is CC(=O)Nc1ccc(O)cc1.COc1cccc([C@@]2(O)CCCC[C@@H]2CN(C)C)c1.Cn1c(=O)c2c(ncn2C)n(C)c1=O.O=C1CC[C@@]2(O)[C@H]3Cc4ccc(O)c5c4[C@@]2(CCN3CC2CC2)[C@H]1O5. The molecule has 3 saturated carbocycles. The first kappa shape index (κ1) is 49.4. The Morgan fingerprint density at radius 3 is 2.36 bits per heavy atom. The summed E-state index contributed by atoms with van der Waals surface area (Å²) in [6.45, 7) is 4.31. The van der Waals surface area contributed by atoms with E-state index in [1.165, 1.54) is 56.3 Å². The van der Waals surface area contributed by atoms with Crippen LogP contribution in [0.3, 0.4) is 0 Å². The molecular formula is C52H67N7O10. The van der Waals surface area contributed by atoms with E-state index in [-0.39, 0.29) is 40.5 Å². The monoisotopic (exact) mass is 949 g/mol. The quantitative estimate of drug-likeness (QED) is 0.143. The number of amides is 1. The van der Waals surface area contributed by atoms with Crippen LogP contribution in [0.4, 0.5) is 5.69 Å². The van der Waals surface area contributed by atoms with Crippen molar-refractivity contribution < 1.29 is 39.5 Å². The van der Waals surface area contributed by atoms with Gasteiger partial charge in [-0.2, -0.15) is 0 Å². The number of phenolic OH excluding ortho intramolecular Hbond substituents is 2. The van der Waals surface area contributed by atoms with Gasteiger partial charge in [0.2, 0.25) is 5.91 Å². The molecule has 6 atom stereocenters. The second-order valence-electron chi connectivity index (χ2n) is 20.0. The third kappa shape index (κ3) is 9.17. The van der Waals surface area contributed by atoms with Crippen LogP contribution in [0.5, 0.6) is 23.0 Å². The summed E-state index contributed by atoms with van der Waals surface area (Å²) in [6.07, 6.45) is 10.1. The molecule has 2 bridgehead atoms. The van der Waals surface area contributed by atoms with Gasteiger partial charge in [0, 0.05) is 70.8 Å². The number of aryl methyl sites for hydroxylation is 2. The Labute approximate surface area is 401 Å². The molecule has 3 aromatic carbocycles. The van der Waals surface area contributed by atoms with Gasteiger partial charge in [-0.05, 0) is 125 Å². The van der Waals surface area contributed by atoms with Crippen molar-refractivity contribution in [1.82, 2.24) is 28.5 Å². The van der Waals surface area contributed by atoms with E-state index in [2.05, 4.69) is 34.2 Å². The van der Waals surface area contributed by atoms with Gasteiger partial charge in [-0.3, -0.25) is 28.4 Å². The highest BCUT2D eigenvalue weighted by Crippen LogP contribution is 2.65. The zero-order valence-electron chi connectivity index (χ0n) is 40.8. The summed E-state index contributed by atoms with van der Waals surface area (Å²) in [4.78, 5) is 55.0. The molecule has 4 aliphatic carbocycles. The number of imidazole rings is 1. The predicted molar refractivity (Wildman–Crippen MR) is 261 cm³/mol. The van der Waals surface area contributed by atoms with Crippen LogP contribution in [0, 0.1) is 11.8 Å². The molecule has 69 heavy (non-hydrogen) atoms. The number of aliphatic hydroxyl groups is 2. The zero-order chi connectivity index (χ0) is 49.6. The average Bonchev–Trinajstić information content (AvgIpc) is 3.95. The highest BCUT2D eigenvalue weighted by molar-refractivity contribution is 5.90. The molecule has 17 nitrogen and oxygen atoms in total. The maximum atomic E-state index is 12.7. The maximum absolute atomic E-state index is 12.7. The van der Waals surface area contributed by atoms with Crippen LogP contribution in [0.15, 0.2) is 76.6 Å². The van der Waals surface area contributed by atoms with E-state index < -0.39 is 22.7 Å². The third-order valence-corrected chi connectivity index (χ3v) is 15.3. The third-order valence-electron chi connectivity index (χ3n) is 15.3. The number of methoxy groups -OCH3 is 1. The van der Waals surface area contributed by atoms with Crippen LogP contribution in [0.25, 0.3) is 11.2 Å². The Hall–Kier alpha value is -6.01. The van der Waals surface area contributed by atoms with E-state index in [0.717, 1.165) is 84.7 Å². The molecule has 1 amide bonds. The minimum atomic E-state index is -0.940. The lowest BCUT2D eigenvalue weighted by Gasteiger charge is -2.62. The second-order valence-corrected chi connectivity index (χ2v) is 20.0. The first-order valence-electron chi connectivity index (χ1n) is 24.0. The Kier molecular flexibility index (Phi) is 13.9. The number of anilines is 1. The number of nitrogens with one attached hydrogen (secondary N) is 1. The number of piperidine rings is 1. The maximum Gasteiger partial charge on any atom is 0.332 e. The molecule has 1 saturated heterocycles. The molecule has 5 aromatic rings. The highest BCUT2D eigenvalue weighted by atomic mass is 16.5. The van der Waals surface area contributed by atoms with Gasteiger partial charge in [0.1, 0.15) is 11.5 Å². The van der Waals surface area contributed by atoms with Crippen molar-refractivity contribution in [3.05, 3.63) is 105 Å². The number of nitrogens with zero attached hydrogens (tertiary/aromatic N) is 6. The summed E-state index contributed by atoms with van der Waals surface area (Å²) in [7, 11) is 10.6. The number of likely N-dealkylation sites (tertiary alicyclic amines) is 1. The molecular weight excluding hydrogens is 883 g/mol. The van der Waals surface area contributed by atoms with Gasteiger partial charge in [0.25, 0.3) is 5.56 Å². The van der Waals surface area contributed by atoms with E-state index in [0.29, 0.717) is 41.4 Å². The van der Waals surface area contributed by atoms with E-state index >= 15 is 0 Å². The lowest BCUT2D eigenvalue weighted by Crippen LogP contribution is -2.76. The van der Waals surface area contributed by atoms with E-state index in [9.17, 15) is 34.5 Å². The molecule has 370 valence electrons. The van der Waals surface area contributed by atoms with Gasteiger partial charge >= 0.3 is 5.69 Å². The number of ketones is 1. The number of phenols is 2. The number of hydrogen-bond donors (Lipinski definition) is 5. The number of ether oxygens (including phenoxy) is 2. The Morgan fingerprint density at radius 2 is 1.68 bits per heavy atom. The highest BCUT2D eigenvalue weighted by Gasteiger charge is 2.73. The van der Waals surface area contributed by atoms with Gasteiger partial charge in [-0.1, -0.05) is 31.0 Å². The molecule has 1 spiro atoms. The summed E-state index contributed by atoms with van der Waals surface area (Å²) in [6, 6.07) is 17.9. The molecule has 6 aliphatic rings. The molecule has 17 heteroatoms. The molecule has 2 aliphatic heterocycles. The fraction of sp³-hybridized carbons (Fsp3) is 0.519. The van der Waals surface area contributed by atoms with Crippen molar-refractivity contribution in [3.63, 3.8) is 0 Å². The zero-order valence-corrected chi connectivity index (χ0v) is 40.8. The number of hydrogen-bond acceptors (Lipinski definition) is 13. The number of benzene rings is 3. The van der Waals surface area contributed by atoms with Gasteiger partial charge in [-0.25, -0.2) is 9.78 Å². The fourth-order valence-corrected chi connectivity index (χ4v) is 11.7. The summed E-state index contributed by atoms with van der Waals surface area (Å²) in [5, 5.41) is 44.9. The number of rotatable bonds is 7. The Balaban J connectivity index is 0.000000130. The summed E-state index contributed by atoms with van der Waals surface area (Å²) < 4.78 is 15.4. The topological polar surface area (TPSA) is 214 Å². The number of carbonyl (C=O) groups is 2. The standard InChI is InChI=1S/C20H23NO4.C16H25NO2.C8H10N4O2.C8H9NO2/c22-13-4-3-12-9-15-20(24)6-5-14(23)18-19(20,16(12)17(13)25-18)7-8-21(15)10-11-1-2-11;1-17(2)12-14-7-4-5-10-16(14,18)13-8-6-9-15(11-13)19-3;1-10-4-9-6-5(10)7(13)12(3)8(14)11(6)2;1-6(10)9-7-2-4-8(11)5-3-7/h3-4,11,15,18,22,24H,1-2,5-10H2;6,8-9,11,14,18H,4-5,7,10,12H2,1-3H3;4H,1-3H3;2-5,11H,1H3,(H,9,10)/t15-,18+,19+,20-;14-,16+;;/m11../s1. The summed E-state index contributed by atoms with van der Waals surface area (Å²) >= 11 is 0. The van der Waals surface area contributed by atoms with Crippen LogP contribution < -0.4 is 26.0 Å². The van der Waals surface area contributed by atoms with E-state index in [1.54, 1.807) is 44.0 Å². The minimum absolute atomic E-state index is 0.0454. The molecule has 11 rings (SSSR count). The van der Waals surface area contributed by atoms with Crippen LogP contribution >= 0.6 is 0 Å². The van der Waals surface area contributed by atoms with Crippen molar-refractivity contribution in [2.24, 2.45) is 33.0 Å². The van der Waals surface area contributed by atoms with Crippen LogP contribution in [-0.4, -0.2) is 119 Å². The lowest BCUT2D eigenvalue weighted by molar-refractivity contribution is -0.188. The number of aromatic hydroxyl groups is 2. The molecule has 2 aromatic heterocycles. The second kappa shape index (κ2) is 19.4. The van der Waals surface area contributed by atoms with Crippen molar-refractivity contribution in [3.8, 4) is 23.0 Å². The molecule has 4 heterocycles. The number of aromatic nitrogens is 4.